The Kier molecular flexibility index (Phi) is 7.91. The van der Waals surface area contributed by atoms with Gasteiger partial charge in [0.2, 0.25) is 0 Å². The van der Waals surface area contributed by atoms with E-state index in [-0.39, 0.29) is 17.1 Å². The van der Waals surface area contributed by atoms with Gasteiger partial charge in [0, 0.05) is 17.1 Å². The minimum absolute atomic E-state index is 0. The van der Waals surface area contributed by atoms with Gasteiger partial charge in [0.25, 0.3) is 0 Å². The van der Waals surface area contributed by atoms with Gasteiger partial charge in [-0.15, -0.1) is 0 Å². The van der Waals surface area contributed by atoms with Crippen molar-refractivity contribution in [3.8, 4) is 0 Å². The quantitative estimate of drug-likeness (QED) is 0.557. The molecular weight excluding hydrogens is 392 g/mol. The van der Waals surface area contributed by atoms with E-state index in [0.29, 0.717) is 0 Å². The SMILES string of the molecule is [Cl][Re]([Cl])([Cl])[Cl].[Cu]. The van der Waals surface area contributed by atoms with Crippen molar-refractivity contribution in [2.75, 3.05) is 0 Å². The maximum absolute atomic E-state index is 5.03. The summed E-state index contributed by atoms with van der Waals surface area (Å²) in [5.41, 5.74) is 0. The Balaban J connectivity index is 0. The van der Waals surface area contributed by atoms with Crippen LogP contribution < -0.4 is 0 Å². The second-order valence-corrected chi connectivity index (χ2v) is 23.9. The minimum atomic E-state index is -3.22. The number of halogens is 4. The molecule has 0 unspecified atom stereocenters. The van der Waals surface area contributed by atoms with Gasteiger partial charge in [0.05, 0.1) is 0 Å². The summed E-state index contributed by atoms with van der Waals surface area (Å²) in [7, 11) is 20.1. The molecule has 6 heteroatoms. The molecule has 0 aliphatic rings. The van der Waals surface area contributed by atoms with Gasteiger partial charge in [-0.25, -0.2) is 0 Å². The molecule has 0 atom stereocenters. The van der Waals surface area contributed by atoms with Crippen molar-refractivity contribution in [3.05, 3.63) is 0 Å². The maximum atomic E-state index is 5.03. The van der Waals surface area contributed by atoms with E-state index >= 15 is 0 Å². The van der Waals surface area contributed by atoms with Gasteiger partial charge in [0.1, 0.15) is 0 Å². The van der Waals surface area contributed by atoms with Crippen LogP contribution in [0.25, 0.3) is 0 Å². The molecule has 0 saturated carbocycles. The molecule has 0 nitrogen and oxygen atoms in total. The molecular formula is Cl4CuRe. The molecule has 0 aliphatic heterocycles. The minimum Gasteiger partial charge on any atom is 0 e. The van der Waals surface area contributed by atoms with Gasteiger partial charge < -0.3 is 0 Å². The predicted octanol–water partition coefficient (Wildman–Crippen LogP) is 2.75. The Morgan fingerprint density at radius 1 is 0.833 bits per heavy atom. The summed E-state index contributed by atoms with van der Waals surface area (Å²) in [5, 5.41) is 0. The van der Waals surface area contributed by atoms with E-state index in [2.05, 4.69) is 0 Å². The van der Waals surface area contributed by atoms with E-state index < -0.39 is 11.5 Å². The number of hydrogen-bond acceptors (Lipinski definition) is 0. The van der Waals surface area contributed by atoms with E-state index in [9.17, 15) is 0 Å². The van der Waals surface area contributed by atoms with Gasteiger partial charge in [-0.3, -0.25) is 0 Å². The molecule has 0 heterocycles. The van der Waals surface area contributed by atoms with Crippen LogP contribution in [0.1, 0.15) is 0 Å². The number of rotatable bonds is 0. The third-order valence-corrected chi connectivity index (χ3v) is 0. The Bertz CT molecular complexity index is 23.0. The monoisotopic (exact) mass is 390 g/mol. The standard InChI is InChI=1S/4ClH.Cu.Re/h4*1H;;/q;;;;;+4/p-4. The smallest absolute Gasteiger partial charge is 0 e. The molecule has 0 aromatic heterocycles. The van der Waals surface area contributed by atoms with Gasteiger partial charge >= 0.3 is 49.6 Å². The van der Waals surface area contributed by atoms with E-state index in [4.69, 9.17) is 38.1 Å². The topological polar surface area (TPSA) is 0 Å². The molecule has 0 saturated heterocycles. The van der Waals surface area contributed by atoms with Crippen LogP contribution >= 0.6 is 38.1 Å². The van der Waals surface area contributed by atoms with Crippen molar-refractivity contribution in [1.29, 1.82) is 0 Å². The van der Waals surface area contributed by atoms with E-state index in [1.165, 1.54) is 0 Å². The largest absolute Gasteiger partial charge is 0 e. The van der Waals surface area contributed by atoms with Crippen LogP contribution in [0.2, 0.25) is 0 Å². The average molecular weight is 392 g/mol. The first-order chi connectivity index (χ1) is 2.00. The predicted molar refractivity (Wildman–Crippen MR) is 23.4 cm³/mol. The third-order valence-electron chi connectivity index (χ3n) is 0. The summed E-state index contributed by atoms with van der Waals surface area (Å²) in [6.45, 7) is 0. The molecule has 0 spiro atoms. The first kappa shape index (κ1) is 11.2. The van der Waals surface area contributed by atoms with E-state index in [0.717, 1.165) is 0 Å². The first-order valence-corrected chi connectivity index (χ1v) is 14.0. The van der Waals surface area contributed by atoms with Gasteiger partial charge in [-0.2, -0.15) is 0 Å². The summed E-state index contributed by atoms with van der Waals surface area (Å²) in [6, 6.07) is 0. The Morgan fingerprint density at radius 2 is 0.833 bits per heavy atom. The molecule has 46 valence electrons. The summed E-state index contributed by atoms with van der Waals surface area (Å²) in [4.78, 5) is 0. The molecule has 0 aromatic rings. The van der Waals surface area contributed by atoms with E-state index in [1.807, 2.05) is 0 Å². The normalized spacial score (nSPS) is 12.7. The van der Waals surface area contributed by atoms with Gasteiger partial charge in [-0.05, 0) is 0 Å². The first-order valence-electron chi connectivity index (χ1n) is 0.571. The summed E-state index contributed by atoms with van der Waals surface area (Å²) >= 11 is -3.22. The molecule has 0 amide bonds. The zero-order valence-corrected chi connectivity index (χ0v) is 8.87. The molecule has 0 rings (SSSR count). The zero-order valence-electron chi connectivity index (χ0n) is 2.19. The summed E-state index contributed by atoms with van der Waals surface area (Å²) in [5.74, 6) is 0. The maximum Gasteiger partial charge on any atom is 0 e. The van der Waals surface area contributed by atoms with Crippen LogP contribution in [0.3, 0.4) is 0 Å². The van der Waals surface area contributed by atoms with Gasteiger partial charge in [0.15, 0.2) is 0 Å². The molecule has 0 fully saturated rings. The third kappa shape index (κ3) is 33.0. The van der Waals surface area contributed by atoms with Crippen LogP contribution in [0.4, 0.5) is 0 Å². The molecule has 0 aromatic carbocycles. The van der Waals surface area contributed by atoms with Crippen molar-refractivity contribution in [3.63, 3.8) is 0 Å². The van der Waals surface area contributed by atoms with Crippen LogP contribution in [0.5, 0.6) is 0 Å². The van der Waals surface area contributed by atoms with Gasteiger partial charge in [-0.1, -0.05) is 0 Å². The Morgan fingerprint density at radius 3 is 0.833 bits per heavy atom. The van der Waals surface area contributed by atoms with Crippen molar-refractivity contribution in [2.45, 2.75) is 0 Å². The zero-order chi connectivity index (χ0) is 4.50. The number of hydrogen-bond donors (Lipinski definition) is 0. The molecule has 0 aliphatic carbocycles. The molecule has 0 bridgehead atoms. The molecule has 6 heavy (non-hydrogen) atoms. The van der Waals surface area contributed by atoms with Crippen LogP contribution in [0.15, 0.2) is 0 Å². The van der Waals surface area contributed by atoms with E-state index in [1.54, 1.807) is 0 Å². The second-order valence-electron chi connectivity index (χ2n) is 0.324. The van der Waals surface area contributed by atoms with Crippen molar-refractivity contribution < 1.29 is 28.5 Å². The fourth-order valence-electron chi connectivity index (χ4n) is 0. The second kappa shape index (κ2) is 4.24. The summed E-state index contributed by atoms with van der Waals surface area (Å²) in [6.07, 6.45) is 0. The average Bonchev–Trinajstić information content (AvgIpc) is 0.722. The van der Waals surface area contributed by atoms with Crippen LogP contribution in [0, 0.1) is 0 Å². The van der Waals surface area contributed by atoms with Crippen LogP contribution in [-0.2, 0) is 28.5 Å². The Hall–Kier alpha value is 2.34. The van der Waals surface area contributed by atoms with Crippen molar-refractivity contribution in [1.82, 2.24) is 0 Å². The van der Waals surface area contributed by atoms with Crippen molar-refractivity contribution in [2.24, 2.45) is 0 Å². The summed E-state index contributed by atoms with van der Waals surface area (Å²) < 4.78 is 0. The van der Waals surface area contributed by atoms with Crippen LogP contribution in [-0.4, -0.2) is 0 Å². The molecule has 0 N–H and O–H groups in total. The fraction of sp³-hybridized carbons (Fsp3) is 0. The fourth-order valence-corrected chi connectivity index (χ4v) is 0. The Labute approximate surface area is 65.9 Å². The molecule has 1 radical (unpaired) electrons. The van der Waals surface area contributed by atoms with Crippen molar-refractivity contribution >= 4 is 38.1 Å².